The molecule has 0 saturated heterocycles. The molecule has 3 N–H and O–H groups in total. The van der Waals surface area contributed by atoms with Gasteiger partial charge in [0, 0.05) is 28.1 Å². The van der Waals surface area contributed by atoms with E-state index in [-0.39, 0.29) is 12.5 Å². The zero-order chi connectivity index (χ0) is 13.5. The summed E-state index contributed by atoms with van der Waals surface area (Å²) in [7, 11) is 0. The lowest BCUT2D eigenvalue weighted by molar-refractivity contribution is -0.134. The Balaban J connectivity index is 2.77. The van der Waals surface area contributed by atoms with E-state index in [1.807, 2.05) is 19.1 Å². The van der Waals surface area contributed by atoms with Gasteiger partial charge in [-0.3, -0.25) is 9.63 Å². The van der Waals surface area contributed by atoms with Crippen molar-refractivity contribution in [3.8, 4) is 0 Å². The number of carbonyl (C=O) groups excluding carboxylic acids is 1. The monoisotopic (exact) mass is 316 g/mol. The highest BCUT2D eigenvalue weighted by atomic mass is 79.9. The van der Waals surface area contributed by atoms with Crippen molar-refractivity contribution in [1.82, 2.24) is 9.82 Å². The number of aliphatic hydroxyl groups excluding tert-OH is 1. The highest BCUT2D eigenvalue weighted by molar-refractivity contribution is 9.08. The number of aryl methyl sites for hydroxylation is 1. The number of benzene rings is 1. The molecular formula is C12H17BrN2O3. The zero-order valence-corrected chi connectivity index (χ0v) is 12.0. The SMILES string of the molecule is CCC(=O)NOCc1c(C)cccc1C(O)NBr. The van der Waals surface area contributed by atoms with Crippen LogP contribution in [0.5, 0.6) is 0 Å². The lowest BCUT2D eigenvalue weighted by Gasteiger charge is -2.16. The number of aliphatic hydroxyl groups is 1. The van der Waals surface area contributed by atoms with Gasteiger partial charge in [0.2, 0.25) is 5.91 Å². The highest BCUT2D eigenvalue weighted by Crippen LogP contribution is 2.21. The van der Waals surface area contributed by atoms with Gasteiger partial charge in [-0.15, -0.1) is 0 Å². The van der Waals surface area contributed by atoms with Gasteiger partial charge < -0.3 is 5.11 Å². The Labute approximate surface area is 115 Å². The molecule has 6 heteroatoms. The molecule has 0 aliphatic rings. The Morgan fingerprint density at radius 2 is 2.28 bits per heavy atom. The summed E-state index contributed by atoms with van der Waals surface area (Å²) < 4.78 is 2.58. The number of hydrogen-bond acceptors (Lipinski definition) is 4. The fraction of sp³-hybridized carbons (Fsp3) is 0.417. The molecule has 100 valence electrons. The Hall–Kier alpha value is -0.950. The average molecular weight is 317 g/mol. The molecule has 1 unspecified atom stereocenters. The quantitative estimate of drug-likeness (QED) is 0.425. The molecule has 18 heavy (non-hydrogen) atoms. The van der Waals surface area contributed by atoms with E-state index in [4.69, 9.17) is 4.84 Å². The number of hydrogen-bond donors (Lipinski definition) is 3. The predicted molar refractivity (Wildman–Crippen MR) is 71.4 cm³/mol. The molecule has 0 saturated carbocycles. The number of hydroxylamine groups is 1. The smallest absolute Gasteiger partial charge is 0.243 e. The standard InChI is InChI=1S/C12H17BrN2O3/c1-3-11(16)15-18-7-10-8(2)5-4-6-9(10)12(17)14-13/h4-6,12,14,17H,3,7H2,1-2H3,(H,15,16). The van der Waals surface area contributed by atoms with Crippen molar-refractivity contribution >= 4 is 22.1 Å². The third-order valence-corrected chi connectivity index (χ3v) is 3.00. The van der Waals surface area contributed by atoms with Crippen LogP contribution in [-0.4, -0.2) is 11.0 Å². The summed E-state index contributed by atoms with van der Waals surface area (Å²) in [6.45, 7) is 3.88. The van der Waals surface area contributed by atoms with Gasteiger partial charge in [-0.25, -0.2) is 9.82 Å². The molecule has 0 spiro atoms. The minimum atomic E-state index is -0.828. The maximum atomic E-state index is 11.1. The molecule has 5 nitrogen and oxygen atoms in total. The van der Waals surface area contributed by atoms with Crippen LogP contribution in [0.3, 0.4) is 0 Å². The number of nitrogens with one attached hydrogen (secondary N) is 2. The van der Waals surface area contributed by atoms with E-state index in [1.165, 1.54) is 0 Å². The first-order chi connectivity index (χ1) is 8.60. The van der Waals surface area contributed by atoms with Crippen molar-refractivity contribution in [2.45, 2.75) is 33.1 Å². The van der Waals surface area contributed by atoms with Gasteiger partial charge in [0.25, 0.3) is 0 Å². The molecule has 1 aromatic carbocycles. The molecule has 1 rings (SSSR count). The lowest BCUT2D eigenvalue weighted by atomic mass is 10.0. The van der Waals surface area contributed by atoms with Crippen LogP contribution in [0.25, 0.3) is 0 Å². The van der Waals surface area contributed by atoms with E-state index >= 15 is 0 Å². The summed E-state index contributed by atoms with van der Waals surface area (Å²) >= 11 is 3.00. The van der Waals surface area contributed by atoms with E-state index in [0.29, 0.717) is 12.0 Å². The van der Waals surface area contributed by atoms with Crippen molar-refractivity contribution in [3.63, 3.8) is 0 Å². The van der Waals surface area contributed by atoms with Crippen LogP contribution >= 0.6 is 16.1 Å². The first-order valence-corrected chi connectivity index (χ1v) is 6.42. The van der Waals surface area contributed by atoms with Crippen LogP contribution < -0.4 is 9.82 Å². The summed E-state index contributed by atoms with van der Waals surface area (Å²) in [6.07, 6.45) is -0.461. The minimum absolute atomic E-state index is 0.177. The number of amides is 1. The van der Waals surface area contributed by atoms with Gasteiger partial charge >= 0.3 is 0 Å². The summed E-state index contributed by atoms with van der Waals surface area (Å²) in [5.74, 6) is -0.177. The van der Waals surface area contributed by atoms with Crippen LogP contribution in [0.15, 0.2) is 18.2 Å². The van der Waals surface area contributed by atoms with E-state index in [9.17, 15) is 9.90 Å². The summed E-state index contributed by atoms with van der Waals surface area (Å²) in [5.41, 5.74) is 4.87. The molecule has 0 aliphatic carbocycles. The predicted octanol–water partition coefficient (Wildman–Crippen LogP) is 1.84. The zero-order valence-electron chi connectivity index (χ0n) is 10.4. The van der Waals surface area contributed by atoms with Gasteiger partial charge in [0.05, 0.1) is 0 Å². The van der Waals surface area contributed by atoms with Crippen molar-refractivity contribution in [1.29, 1.82) is 0 Å². The van der Waals surface area contributed by atoms with Gasteiger partial charge in [0.1, 0.15) is 12.8 Å². The maximum absolute atomic E-state index is 11.1. The summed E-state index contributed by atoms with van der Waals surface area (Å²) in [6, 6.07) is 5.57. The Morgan fingerprint density at radius 3 is 2.89 bits per heavy atom. The average Bonchev–Trinajstić information content (AvgIpc) is 2.39. The fourth-order valence-corrected chi connectivity index (χ4v) is 1.74. The molecule has 0 fully saturated rings. The van der Waals surface area contributed by atoms with Gasteiger partial charge in [-0.2, -0.15) is 0 Å². The van der Waals surface area contributed by atoms with Gasteiger partial charge in [0.15, 0.2) is 0 Å². The molecule has 0 aliphatic heterocycles. The third-order valence-electron chi connectivity index (χ3n) is 2.57. The van der Waals surface area contributed by atoms with Crippen LogP contribution in [0.4, 0.5) is 0 Å². The number of halogens is 1. The lowest BCUT2D eigenvalue weighted by Crippen LogP contribution is -2.23. The van der Waals surface area contributed by atoms with E-state index in [2.05, 4.69) is 26.0 Å². The van der Waals surface area contributed by atoms with Crippen molar-refractivity contribution in [3.05, 3.63) is 34.9 Å². The normalized spacial score (nSPS) is 12.2. The molecule has 1 amide bonds. The third kappa shape index (κ3) is 4.06. The Morgan fingerprint density at radius 1 is 1.56 bits per heavy atom. The fourth-order valence-electron chi connectivity index (χ4n) is 1.50. The Kier molecular flexibility index (Phi) is 6.28. The second-order valence-electron chi connectivity index (χ2n) is 3.82. The number of carbonyl (C=O) groups is 1. The van der Waals surface area contributed by atoms with Gasteiger partial charge in [-0.1, -0.05) is 25.1 Å². The maximum Gasteiger partial charge on any atom is 0.243 e. The highest BCUT2D eigenvalue weighted by Gasteiger charge is 2.13. The summed E-state index contributed by atoms with van der Waals surface area (Å²) in [4.78, 5) is 16.2. The van der Waals surface area contributed by atoms with Crippen molar-refractivity contribution < 1.29 is 14.7 Å². The van der Waals surface area contributed by atoms with Gasteiger partial charge in [-0.05, 0) is 18.1 Å². The topological polar surface area (TPSA) is 70.6 Å². The van der Waals surface area contributed by atoms with E-state index in [1.54, 1.807) is 13.0 Å². The number of rotatable bonds is 6. The van der Waals surface area contributed by atoms with E-state index < -0.39 is 6.23 Å². The molecule has 0 heterocycles. The molecule has 0 bridgehead atoms. The molecular weight excluding hydrogens is 300 g/mol. The van der Waals surface area contributed by atoms with E-state index in [0.717, 1.165) is 11.1 Å². The first kappa shape index (κ1) is 15.1. The molecule has 0 aromatic heterocycles. The molecule has 1 atom stereocenters. The second-order valence-corrected chi connectivity index (χ2v) is 4.28. The minimum Gasteiger partial charge on any atom is -0.373 e. The molecule has 1 aromatic rings. The first-order valence-electron chi connectivity index (χ1n) is 5.63. The largest absolute Gasteiger partial charge is 0.373 e. The second kappa shape index (κ2) is 7.48. The van der Waals surface area contributed by atoms with Crippen LogP contribution in [0.1, 0.15) is 36.3 Å². The Bertz CT molecular complexity index is 412. The van der Waals surface area contributed by atoms with Crippen LogP contribution in [-0.2, 0) is 16.2 Å². The van der Waals surface area contributed by atoms with Crippen molar-refractivity contribution in [2.24, 2.45) is 0 Å². The van der Waals surface area contributed by atoms with Crippen LogP contribution in [0.2, 0.25) is 0 Å². The van der Waals surface area contributed by atoms with Crippen molar-refractivity contribution in [2.75, 3.05) is 0 Å². The van der Waals surface area contributed by atoms with Crippen LogP contribution in [0, 0.1) is 6.92 Å². The summed E-state index contributed by atoms with van der Waals surface area (Å²) in [5, 5.41) is 9.79. The molecule has 0 radical (unpaired) electrons.